The summed E-state index contributed by atoms with van der Waals surface area (Å²) in [5.41, 5.74) is 0.940. The van der Waals surface area contributed by atoms with Gasteiger partial charge in [0.2, 0.25) is 0 Å². The SMILES string of the molecule is O[C@@H](CNC1CC1)COc1ncc(-c2cccs2)[nH]1. The first kappa shape index (κ1) is 12.7. The van der Waals surface area contributed by atoms with Crippen molar-refractivity contribution >= 4 is 11.3 Å². The lowest BCUT2D eigenvalue weighted by Gasteiger charge is -2.11. The summed E-state index contributed by atoms with van der Waals surface area (Å²) < 4.78 is 5.45. The van der Waals surface area contributed by atoms with Gasteiger partial charge in [-0.1, -0.05) is 6.07 Å². The molecular formula is C13H17N3O2S. The molecule has 0 saturated heterocycles. The Hall–Kier alpha value is -1.37. The third kappa shape index (κ3) is 3.56. The number of H-pyrrole nitrogens is 1. The summed E-state index contributed by atoms with van der Waals surface area (Å²) in [6, 6.07) is 5.07. The van der Waals surface area contributed by atoms with Gasteiger partial charge in [-0.2, -0.15) is 0 Å². The molecule has 0 aromatic carbocycles. The summed E-state index contributed by atoms with van der Waals surface area (Å²) in [7, 11) is 0. The van der Waals surface area contributed by atoms with Crippen molar-refractivity contribution in [2.24, 2.45) is 0 Å². The Kier molecular flexibility index (Phi) is 3.82. The number of nitrogens with zero attached hydrogens (tertiary/aromatic N) is 1. The molecule has 102 valence electrons. The van der Waals surface area contributed by atoms with Gasteiger partial charge in [0.25, 0.3) is 6.01 Å². The highest BCUT2D eigenvalue weighted by Gasteiger charge is 2.21. The molecule has 0 unspecified atom stereocenters. The van der Waals surface area contributed by atoms with E-state index >= 15 is 0 Å². The maximum atomic E-state index is 9.75. The minimum Gasteiger partial charge on any atom is -0.462 e. The number of thiophene rings is 1. The van der Waals surface area contributed by atoms with Crippen LogP contribution in [0.3, 0.4) is 0 Å². The Bertz CT molecular complexity index is 508. The largest absolute Gasteiger partial charge is 0.462 e. The Morgan fingerprint density at radius 2 is 2.47 bits per heavy atom. The van der Waals surface area contributed by atoms with Crippen molar-refractivity contribution in [3.8, 4) is 16.6 Å². The first-order chi connectivity index (χ1) is 9.31. The van der Waals surface area contributed by atoms with Gasteiger partial charge in [0, 0.05) is 12.6 Å². The van der Waals surface area contributed by atoms with Crippen LogP contribution in [0.5, 0.6) is 6.01 Å². The van der Waals surface area contributed by atoms with Crippen LogP contribution in [0.25, 0.3) is 10.6 Å². The van der Waals surface area contributed by atoms with Gasteiger partial charge in [-0.3, -0.25) is 0 Å². The predicted octanol–water partition coefficient (Wildman–Crippen LogP) is 1.63. The van der Waals surface area contributed by atoms with E-state index in [2.05, 4.69) is 15.3 Å². The average molecular weight is 279 g/mol. The Balaban J connectivity index is 1.47. The first-order valence-electron chi connectivity index (χ1n) is 6.44. The fraction of sp³-hybridized carbons (Fsp3) is 0.462. The van der Waals surface area contributed by atoms with E-state index in [1.54, 1.807) is 17.5 Å². The summed E-state index contributed by atoms with van der Waals surface area (Å²) in [5.74, 6) is 0. The number of ether oxygens (including phenoxy) is 1. The minimum absolute atomic E-state index is 0.247. The number of rotatable bonds is 7. The molecule has 2 heterocycles. The van der Waals surface area contributed by atoms with Gasteiger partial charge >= 0.3 is 0 Å². The molecule has 0 bridgehead atoms. The van der Waals surface area contributed by atoms with E-state index in [9.17, 15) is 5.11 Å². The van der Waals surface area contributed by atoms with Gasteiger partial charge in [-0.15, -0.1) is 11.3 Å². The molecule has 1 aliphatic rings. The maximum Gasteiger partial charge on any atom is 0.294 e. The fourth-order valence-corrected chi connectivity index (χ4v) is 2.45. The molecular weight excluding hydrogens is 262 g/mol. The van der Waals surface area contributed by atoms with Crippen LogP contribution < -0.4 is 10.1 Å². The third-order valence-electron chi connectivity index (χ3n) is 2.97. The van der Waals surface area contributed by atoms with Crippen molar-refractivity contribution in [3.63, 3.8) is 0 Å². The van der Waals surface area contributed by atoms with Crippen LogP contribution in [0.1, 0.15) is 12.8 Å². The highest BCUT2D eigenvalue weighted by atomic mass is 32.1. The van der Waals surface area contributed by atoms with E-state index in [1.807, 2.05) is 17.5 Å². The quantitative estimate of drug-likeness (QED) is 0.720. The van der Waals surface area contributed by atoms with Gasteiger partial charge in [-0.25, -0.2) is 4.98 Å². The average Bonchev–Trinajstić information content (AvgIpc) is 2.92. The second kappa shape index (κ2) is 5.73. The Morgan fingerprint density at radius 3 is 3.21 bits per heavy atom. The molecule has 0 spiro atoms. The molecule has 19 heavy (non-hydrogen) atoms. The molecule has 6 heteroatoms. The first-order valence-corrected chi connectivity index (χ1v) is 7.32. The molecule has 1 fully saturated rings. The Labute approximate surface area is 115 Å². The monoisotopic (exact) mass is 279 g/mol. The van der Waals surface area contributed by atoms with E-state index in [4.69, 9.17) is 4.74 Å². The van der Waals surface area contributed by atoms with Gasteiger partial charge in [0.1, 0.15) is 12.7 Å². The lowest BCUT2D eigenvalue weighted by molar-refractivity contribution is 0.101. The molecule has 0 aliphatic heterocycles. The molecule has 5 nitrogen and oxygen atoms in total. The number of nitrogens with one attached hydrogen (secondary N) is 2. The number of aliphatic hydroxyl groups is 1. The number of hydrogen-bond donors (Lipinski definition) is 3. The van der Waals surface area contributed by atoms with Crippen molar-refractivity contribution in [1.82, 2.24) is 15.3 Å². The number of aromatic nitrogens is 2. The lowest BCUT2D eigenvalue weighted by atomic mass is 10.4. The van der Waals surface area contributed by atoms with Crippen molar-refractivity contribution in [3.05, 3.63) is 23.7 Å². The normalized spacial score (nSPS) is 16.5. The summed E-state index contributed by atoms with van der Waals surface area (Å²) >= 11 is 1.65. The van der Waals surface area contributed by atoms with Gasteiger partial charge in [-0.05, 0) is 24.3 Å². The molecule has 1 saturated carbocycles. The van der Waals surface area contributed by atoms with E-state index < -0.39 is 6.10 Å². The summed E-state index contributed by atoms with van der Waals surface area (Å²) in [4.78, 5) is 8.37. The second-order valence-corrected chi connectivity index (χ2v) is 5.67. The van der Waals surface area contributed by atoms with Crippen LogP contribution in [0.2, 0.25) is 0 Å². The predicted molar refractivity (Wildman–Crippen MR) is 74.4 cm³/mol. The lowest BCUT2D eigenvalue weighted by Crippen LogP contribution is -2.32. The molecule has 3 rings (SSSR count). The smallest absolute Gasteiger partial charge is 0.294 e. The maximum absolute atomic E-state index is 9.75. The highest BCUT2D eigenvalue weighted by Crippen LogP contribution is 2.24. The fourth-order valence-electron chi connectivity index (χ4n) is 1.76. The van der Waals surface area contributed by atoms with Crippen LogP contribution in [-0.2, 0) is 0 Å². The highest BCUT2D eigenvalue weighted by molar-refractivity contribution is 7.13. The van der Waals surface area contributed by atoms with Crippen molar-refractivity contribution < 1.29 is 9.84 Å². The molecule has 1 aliphatic carbocycles. The zero-order chi connectivity index (χ0) is 13.1. The van der Waals surface area contributed by atoms with Crippen LogP contribution in [0, 0.1) is 0 Å². The van der Waals surface area contributed by atoms with Crippen LogP contribution in [0.15, 0.2) is 23.7 Å². The number of aliphatic hydroxyl groups excluding tert-OH is 1. The summed E-state index contributed by atoms with van der Waals surface area (Å²) in [5, 5.41) is 15.0. The summed E-state index contributed by atoms with van der Waals surface area (Å²) in [6.45, 7) is 0.820. The standard InChI is InChI=1S/C13H17N3O2S/c17-10(6-14-9-3-4-9)8-18-13-15-7-11(16-13)12-2-1-5-19-12/h1-2,5,7,9-10,14,17H,3-4,6,8H2,(H,15,16)/t10-/m0/s1. The van der Waals surface area contributed by atoms with Crippen LogP contribution in [-0.4, -0.2) is 40.4 Å². The van der Waals surface area contributed by atoms with E-state index in [1.165, 1.54) is 12.8 Å². The van der Waals surface area contributed by atoms with Crippen LogP contribution >= 0.6 is 11.3 Å². The summed E-state index contributed by atoms with van der Waals surface area (Å²) in [6.07, 6.45) is 3.68. The molecule has 2 aromatic heterocycles. The van der Waals surface area contributed by atoms with Crippen LogP contribution in [0.4, 0.5) is 0 Å². The third-order valence-corrected chi connectivity index (χ3v) is 3.87. The van der Waals surface area contributed by atoms with E-state index in [0.717, 1.165) is 10.6 Å². The van der Waals surface area contributed by atoms with E-state index in [-0.39, 0.29) is 6.61 Å². The van der Waals surface area contributed by atoms with Gasteiger partial charge in [0.05, 0.1) is 16.8 Å². The topological polar surface area (TPSA) is 70.2 Å². The number of hydrogen-bond acceptors (Lipinski definition) is 5. The molecule has 0 radical (unpaired) electrons. The molecule has 2 aromatic rings. The zero-order valence-corrected chi connectivity index (χ0v) is 11.3. The van der Waals surface area contributed by atoms with E-state index in [0.29, 0.717) is 18.6 Å². The zero-order valence-electron chi connectivity index (χ0n) is 10.5. The van der Waals surface area contributed by atoms with Crippen molar-refractivity contribution in [2.75, 3.05) is 13.2 Å². The number of imidazole rings is 1. The Morgan fingerprint density at radius 1 is 1.58 bits per heavy atom. The van der Waals surface area contributed by atoms with Crippen molar-refractivity contribution in [1.29, 1.82) is 0 Å². The van der Waals surface area contributed by atoms with Gasteiger partial charge < -0.3 is 20.1 Å². The molecule has 3 N–H and O–H groups in total. The van der Waals surface area contributed by atoms with Gasteiger partial charge in [0.15, 0.2) is 0 Å². The molecule has 1 atom stereocenters. The number of aromatic amines is 1. The van der Waals surface area contributed by atoms with Crippen molar-refractivity contribution in [2.45, 2.75) is 25.0 Å². The molecule has 0 amide bonds. The second-order valence-electron chi connectivity index (χ2n) is 4.73. The minimum atomic E-state index is -0.504.